The van der Waals surface area contributed by atoms with Gasteiger partial charge in [0.2, 0.25) is 0 Å². The molecule has 8 heteroatoms. The summed E-state index contributed by atoms with van der Waals surface area (Å²) >= 11 is 5.58. The van der Waals surface area contributed by atoms with Crippen LogP contribution in [0.5, 0.6) is 0 Å². The van der Waals surface area contributed by atoms with E-state index in [0.717, 1.165) is 0 Å². The number of hydrogen-bond acceptors (Lipinski definition) is 4. The third kappa shape index (κ3) is 4.78. The van der Waals surface area contributed by atoms with Crippen molar-refractivity contribution >= 4 is 23.3 Å². The second kappa shape index (κ2) is 6.42. The van der Waals surface area contributed by atoms with Crippen LogP contribution in [0.25, 0.3) is 0 Å². The first-order chi connectivity index (χ1) is 8.84. The highest BCUT2D eigenvalue weighted by Gasteiger charge is 2.39. The first-order valence-electron chi connectivity index (χ1n) is 5.17. The molecule has 0 spiro atoms. The second-order valence-electron chi connectivity index (χ2n) is 3.29. The molecule has 0 saturated heterocycles. The van der Waals surface area contributed by atoms with E-state index in [1.807, 2.05) is 0 Å². The summed E-state index contributed by atoms with van der Waals surface area (Å²) in [6, 6.07) is 2.72. The fourth-order valence-corrected chi connectivity index (χ4v) is 1.29. The molecule has 0 fully saturated rings. The Labute approximate surface area is 112 Å². The maximum Gasteiger partial charge on any atom is 0.424 e. The van der Waals surface area contributed by atoms with E-state index in [0.29, 0.717) is 6.20 Å². The van der Waals surface area contributed by atoms with Crippen LogP contribution in [0.2, 0.25) is 5.15 Å². The zero-order chi connectivity index (χ0) is 14.5. The second-order valence-corrected chi connectivity index (χ2v) is 3.68. The molecule has 0 radical (unpaired) electrons. The van der Waals surface area contributed by atoms with Crippen molar-refractivity contribution < 1.29 is 22.7 Å². The lowest BCUT2D eigenvalue weighted by Gasteiger charge is -2.11. The largest absolute Gasteiger partial charge is 0.462 e. The predicted molar refractivity (Wildman–Crippen MR) is 63.6 cm³/mol. The van der Waals surface area contributed by atoms with Crippen LogP contribution < -0.4 is 5.32 Å². The maximum absolute atomic E-state index is 12.6. The van der Waals surface area contributed by atoms with Crippen molar-refractivity contribution in [3.8, 4) is 0 Å². The Bertz CT molecular complexity index is 489. The van der Waals surface area contributed by atoms with Crippen LogP contribution in [0.15, 0.2) is 30.1 Å². The van der Waals surface area contributed by atoms with Crippen LogP contribution in [0.4, 0.5) is 18.9 Å². The summed E-state index contributed by atoms with van der Waals surface area (Å²) in [5.74, 6) is -1.44. The maximum atomic E-state index is 12.6. The van der Waals surface area contributed by atoms with Crippen molar-refractivity contribution in [2.75, 3.05) is 11.9 Å². The molecule has 0 aliphatic carbocycles. The molecule has 0 unspecified atom stereocenters. The molecule has 0 amide bonds. The minimum Gasteiger partial charge on any atom is -0.462 e. The molecule has 1 aromatic rings. The Kier molecular flexibility index (Phi) is 5.17. The smallest absolute Gasteiger partial charge is 0.424 e. The number of halogens is 4. The van der Waals surface area contributed by atoms with E-state index >= 15 is 0 Å². The predicted octanol–water partition coefficient (Wildman–Crippen LogP) is 3.16. The van der Waals surface area contributed by atoms with Crippen LogP contribution >= 0.6 is 11.6 Å². The molecule has 1 N–H and O–H groups in total. The molecule has 1 rings (SSSR count). The quantitative estimate of drug-likeness (QED) is 0.526. The molecule has 0 aliphatic heterocycles. The summed E-state index contributed by atoms with van der Waals surface area (Å²) in [4.78, 5) is 14.9. The molecule has 4 nitrogen and oxygen atoms in total. The van der Waals surface area contributed by atoms with Crippen LogP contribution in [-0.4, -0.2) is 23.7 Å². The average Bonchev–Trinajstić information content (AvgIpc) is 2.27. The van der Waals surface area contributed by atoms with Gasteiger partial charge in [0.1, 0.15) is 5.15 Å². The number of carbonyl (C=O) groups excluding carboxylic acids is 1. The Balaban J connectivity index is 2.92. The number of alkyl halides is 3. The summed E-state index contributed by atoms with van der Waals surface area (Å²) in [7, 11) is 0. The molecule has 0 atom stereocenters. The number of esters is 1. The number of hydrogen-bond donors (Lipinski definition) is 1. The van der Waals surface area contributed by atoms with E-state index in [1.54, 1.807) is 0 Å². The average molecular weight is 295 g/mol. The fraction of sp³-hybridized carbons (Fsp3) is 0.273. The highest BCUT2D eigenvalue weighted by Crippen LogP contribution is 2.26. The van der Waals surface area contributed by atoms with Gasteiger partial charge in [0, 0.05) is 18.1 Å². The number of rotatable bonds is 4. The Morgan fingerprint density at radius 2 is 2.26 bits per heavy atom. The van der Waals surface area contributed by atoms with Crippen molar-refractivity contribution in [1.82, 2.24) is 4.98 Å². The molecule has 1 aromatic heterocycles. The fourth-order valence-electron chi connectivity index (χ4n) is 1.11. The number of aromatic nitrogens is 1. The van der Waals surface area contributed by atoms with Gasteiger partial charge in [-0.3, -0.25) is 0 Å². The van der Waals surface area contributed by atoms with Crippen LogP contribution in [0, 0.1) is 0 Å². The van der Waals surface area contributed by atoms with Crippen molar-refractivity contribution in [3.05, 3.63) is 35.3 Å². The van der Waals surface area contributed by atoms with Crippen molar-refractivity contribution in [2.45, 2.75) is 13.1 Å². The van der Waals surface area contributed by atoms with Gasteiger partial charge < -0.3 is 10.1 Å². The zero-order valence-corrected chi connectivity index (χ0v) is 10.5. The topological polar surface area (TPSA) is 51.2 Å². The highest BCUT2D eigenvalue weighted by molar-refractivity contribution is 6.29. The standard InChI is InChI=1S/C11H10ClF3N2O2/c1-2-19-10(18)8(11(13,14)15)6-17-7-3-4-16-9(12)5-7/h3-6H,2H2,1H3,(H,16,17)/b8-6-. The van der Waals surface area contributed by atoms with Gasteiger partial charge in [0.25, 0.3) is 0 Å². The Morgan fingerprint density at radius 1 is 1.58 bits per heavy atom. The molecule has 19 heavy (non-hydrogen) atoms. The van der Waals surface area contributed by atoms with Crippen LogP contribution in [0.1, 0.15) is 6.92 Å². The van der Waals surface area contributed by atoms with Gasteiger partial charge >= 0.3 is 12.1 Å². The summed E-state index contributed by atoms with van der Waals surface area (Å²) in [5, 5.41) is 2.44. The van der Waals surface area contributed by atoms with E-state index in [2.05, 4.69) is 15.0 Å². The highest BCUT2D eigenvalue weighted by atomic mass is 35.5. The molecule has 0 aromatic carbocycles. The van der Waals surface area contributed by atoms with Gasteiger partial charge in [-0.25, -0.2) is 9.78 Å². The molecule has 104 valence electrons. The molecule has 0 aliphatic rings. The molecule has 0 saturated carbocycles. The molecule has 1 heterocycles. The zero-order valence-electron chi connectivity index (χ0n) is 9.79. The summed E-state index contributed by atoms with van der Waals surface area (Å²) in [5.41, 5.74) is -1.16. The number of carbonyl (C=O) groups is 1. The molecule has 0 bridgehead atoms. The van der Waals surface area contributed by atoms with E-state index in [4.69, 9.17) is 11.6 Å². The lowest BCUT2D eigenvalue weighted by atomic mass is 10.3. The van der Waals surface area contributed by atoms with Gasteiger partial charge in [-0.05, 0) is 19.1 Å². The van der Waals surface area contributed by atoms with Gasteiger partial charge in [-0.2, -0.15) is 13.2 Å². The van der Waals surface area contributed by atoms with Gasteiger partial charge in [0.15, 0.2) is 5.57 Å². The van der Waals surface area contributed by atoms with Gasteiger partial charge in [0.05, 0.1) is 6.61 Å². The number of nitrogens with zero attached hydrogens (tertiary/aromatic N) is 1. The SMILES string of the molecule is CCOC(=O)/C(=C/Nc1ccnc(Cl)c1)C(F)(F)F. The minimum atomic E-state index is -4.81. The van der Waals surface area contributed by atoms with Gasteiger partial charge in [-0.15, -0.1) is 0 Å². The first-order valence-corrected chi connectivity index (χ1v) is 5.55. The Hall–Kier alpha value is -1.76. The number of pyridine rings is 1. The number of nitrogens with one attached hydrogen (secondary N) is 1. The van der Waals surface area contributed by atoms with E-state index < -0.39 is 17.7 Å². The summed E-state index contributed by atoms with van der Waals surface area (Å²) in [6.45, 7) is 1.27. The van der Waals surface area contributed by atoms with E-state index in [-0.39, 0.29) is 17.4 Å². The molecular weight excluding hydrogens is 285 g/mol. The van der Waals surface area contributed by atoms with Crippen LogP contribution in [-0.2, 0) is 9.53 Å². The number of anilines is 1. The lowest BCUT2D eigenvalue weighted by molar-refractivity contribution is -0.150. The molecular formula is C11H10ClF3N2O2. The number of ether oxygens (including phenoxy) is 1. The summed E-state index contributed by atoms with van der Waals surface area (Å²) < 4.78 is 42.2. The third-order valence-corrected chi connectivity index (χ3v) is 2.12. The van der Waals surface area contributed by atoms with Crippen molar-refractivity contribution in [1.29, 1.82) is 0 Å². The lowest BCUT2D eigenvalue weighted by Crippen LogP contribution is -2.23. The van der Waals surface area contributed by atoms with E-state index in [9.17, 15) is 18.0 Å². The van der Waals surface area contributed by atoms with Crippen LogP contribution in [0.3, 0.4) is 0 Å². The first kappa shape index (κ1) is 15.3. The van der Waals surface area contributed by atoms with Crippen molar-refractivity contribution in [2.24, 2.45) is 0 Å². The normalized spacial score (nSPS) is 12.2. The third-order valence-electron chi connectivity index (χ3n) is 1.91. The Morgan fingerprint density at radius 3 is 2.79 bits per heavy atom. The summed E-state index contributed by atoms with van der Waals surface area (Å²) in [6.07, 6.45) is -2.96. The van der Waals surface area contributed by atoms with Gasteiger partial charge in [-0.1, -0.05) is 11.6 Å². The monoisotopic (exact) mass is 294 g/mol. The van der Waals surface area contributed by atoms with Crippen molar-refractivity contribution in [3.63, 3.8) is 0 Å². The van der Waals surface area contributed by atoms with E-state index in [1.165, 1.54) is 25.3 Å². The minimum absolute atomic E-state index is 0.114.